The van der Waals surface area contributed by atoms with Crippen molar-refractivity contribution in [1.29, 1.82) is 0 Å². The van der Waals surface area contributed by atoms with Crippen LogP contribution in [0.25, 0.3) is 0 Å². The van der Waals surface area contributed by atoms with Gasteiger partial charge in [-0.2, -0.15) is 0 Å². The van der Waals surface area contributed by atoms with Gasteiger partial charge in [0, 0.05) is 40.1 Å². The number of benzene rings is 3. The normalized spacial score (nSPS) is 14.8. The molecule has 4 heteroatoms. The highest BCUT2D eigenvalue weighted by Crippen LogP contribution is 2.40. The number of hydrogen-bond acceptors (Lipinski definition) is 2. The van der Waals surface area contributed by atoms with Gasteiger partial charge in [0.25, 0.3) is 0 Å². The van der Waals surface area contributed by atoms with E-state index in [-0.39, 0.29) is 6.17 Å². The first-order valence-electron chi connectivity index (χ1n) is 9.14. The summed E-state index contributed by atoms with van der Waals surface area (Å²) in [7, 11) is 0. The molecule has 1 aliphatic rings. The minimum absolute atomic E-state index is 0.0279. The van der Waals surface area contributed by atoms with Crippen molar-refractivity contribution in [2.75, 3.05) is 22.9 Å². The van der Waals surface area contributed by atoms with Gasteiger partial charge in [-0.15, -0.1) is 0 Å². The van der Waals surface area contributed by atoms with E-state index in [1.54, 1.807) is 0 Å². The number of aryl methyl sites for hydroxylation is 2. The number of rotatable bonds is 3. The average Bonchev–Trinajstić information content (AvgIpc) is 3.08. The zero-order valence-electron chi connectivity index (χ0n) is 15.5. The smallest absolute Gasteiger partial charge is 0.130 e. The van der Waals surface area contributed by atoms with E-state index in [2.05, 4.69) is 72.2 Å². The van der Waals surface area contributed by atoms with Crippen molar-refractivity contribution in [3.63, 3.8) is 0 Å². The van der Waals surface area contributed by atoms with E-state index >= 15 is 0 Å². The summed E-state index contributed by atoms with van der Waals surface area (Å²) in [6, 6.07) is 23.2. The number of nitrogens with zero attached hydrogens (tertiary/aromatic N) is 2. The summed E-state index contributed by atoms with van der Waals surface area (Å²) in [5.74, 6) is 0. The van der Waals surface area contributed by atoms with E-state index < -0.39 is 0 Å². The van der Waals surface area contributed by atoms with Crippen molar-refractivity contribution in [3.8, 4) is 0 Å². The fraction of sp³-hybridized carbons (Fsp3) is 0.217. The van der Waals surface area contributed by atoms with Crippen LogP contribution in [0.4, 0.5) is 11.4 Å². The van der Waals surface area contributed by atoms with E-state index in [9.17, 15) is 0 Å². The molecule has 1 saturated heterocycles. The molecule has 0 unspecified atom stereocenters. The average molecular weight is 397 g/mol. The summed E-state index contributed by atoms with van der Waals surface area (Å²) in [6.45, 7) is 6.08. The first-order valence-corrected chi connectivity index (χ1v) is 9.90. The zero-order valence-corrected chi connectivity index (χ0v) is 17.0. The van der Waals surface area contributed by atoms with Crippen molar-refractivity contribution >= 4 is 34.6 Å². The van der Waals surface area contributed by atoms with Crippen LogP contribution in [-0.2, 0) is 0 Å². The Labute approximate surface area is 170 Å². The molecular weight excluding hydrogens is 375 g/mol. The highest BCUT2D eigenvalue weighted by atomic mass is 35.5. The molecule has 0 atom stereocenters. The van der Waals surface area contributed by atoms with E-state index in [4.69, 9.17) is 23.2 Å². The molecule has 0 amide bonds. The van der Waals surface area contributed by atoms with Gasteiger partial charge in [0.1, 0.15) is 6.17 Å². The second-order valence-electron chi connectivity index (χ2n) is 7.10. The summed E-state index contributed by atoms with van der Waals surface area (Å²) < 4.78 is 0. The highest BCUT2D eigenvalue weighted by Gasteiger charge is 2.34. The molecule has 1 fully saturated rings. The highest BCUT2D eigenvalue weighted by molar-refractivity contribution is 6.35. The van der Waals surface area contributed by atoms with Crippen LogP contribution in [0.5, 0.6) is 0 Å². The maximum Gasteiger partial charge on any atom is 0.130 e. The predicted octanol–water partition coefficient (Wildman–Crippen LogP) is 6.64. The van der Waals surface area contributed by atoms with E-state index in [0.29, 0.717) is 10.0 Å². The molecule has 0 spiro atoms. The summed E-state index contributed by atoms with van der Waals surface area (Å²) in [5.41, 5.74) is 5.99. The number of anilines is 2. The van der Waals surface area contributed by atoms with E-state index in [0.717, 1.165) is 18.7 Å². The lowest BCUT2D eigenvalue weighted by atomic mass is 10.1. The van der Waals surface area contributed by atoms with Gasteiger partial charge >= 0.3 is 0 Å². The fourth-order valence-corrected chi connectivity index (χ4v) is 4.19. The summed E-state index contributed by atoms with van der Waals surface area (Å²) in [6.07, 6.45) is 0.0279. The molecule has 0 radical (unpaired) electrons. The Morgan fingerprint density at radius 1 is 0.704 bits per heavy atom. The third kappa shape index (κ3) is 3.65. The molecular formula is C23H22Cl2N2. The number of halogens is 2. The molecule has 4 rings (SSSR count). The largest absolute Gasteiger partial charge is 0.346 e. The van der Waals surface area contributed by atoms with Crippen LogP contribution in [0.3, 0.4) is 0 Å². The van der Waals surface area contributed by atoms with E-state index in [1.165, 1.54) is 22.5 Å². The van der Waals surface area contributed by atoms with Gasteiger partial charge in [0.05, 0.1) is 0 Å². The lowest BCUT2D eigenvalue weighted by Gasteiger charge is -2.34. The summed E-state index contributed by atoms with van der Waals surface area (Å²) in [5, 5.41) is 1.36. The fourth-order valence-electron chi connectivity index (χ4n) is 3.69. The molecule has 0 aromatic heterocycles. The van der Waals surface area contributed by atoms with Gasteiger partial charge in [0.2, 0.25) is 0 Å². The topological polar surface area (TPSA) is 6.48 Å². The van der Waals surface area contributed by atoms with Gasteiger partial charge in [-0.25, -0.2) is 0 Å². The Balaban J connectivity index is 1.80. The molecule has 0 saturated carbocycles. The molecule has 1 heterocycles. The van der Waals surface area contributed by atoms with Gasteiger partial charge in [-0.3, -0.25) is 0 Å². The molecule has 3 aromatic carbocycles. The SMILES string of the molecule is Cc1ccc(N2CCN(c3ccc(C)cc3)C2c2ccc(Cl)cc2Cl)cc1. The molecule has 0 aliphatic carbocycles. The Morgan fingerprint density at radius 3 is 1.63 bits per heavy atom. The maximum absolute atomic E-state index is 6.63. The van der Waals surface area contributed by atoms with Gasteiger partial charge in [-0.05, 0) is 50.2 Å². The van der Waals surface area contributed by atoms with Crippen molar-refractivity contribution < 1.29 is 0 Å². The minimum atomic E-state index is 0.0279. The van der Waals surface area contributed by atoms with Gasteiger partial charge in [-0.1, -0.05) is 64.7 Å². The molecule has 27 heavy (non-hydrogen) atoms. The lowest BCUT2D eigenvalue weighted by molar-refractivity contribution is 0.717. The molecule has 2 nitrogen and oxygen atoms in total. The second-order valence-corrected chi connectivity index (χ2v) is 7.94. The van der Waals surface area contributed by atoms with Crippen molar-refractivity contribution in [2.45, 2.75) is 20.0 Å². The second kappa shape index (κ2) is 7.46. The van der Waals surface area contributed by atoms with Crippen LogP contribution in [0.15, 0.2) is 66.7 Å². The standard InChI is InChI=1S/C23H22Cl2N2/c1-16-3-8-19(9-4-16)26-13-14-27(20-10-5-17(2)6-11-20)23(26)21-12-7-18(24)15-22(21)25/h3-12,15,23H,13-14H2,1-2H3. The van der Waals surface area contributed by atoms with Crippen LogP contribution >= 0.6 is 23.2 Å². The van der Waals surface area contributed by atoms with Gasteiger partial charge in [0.15, 0.2) is 0 Å². The Hall–Kier alpha value is -2.16. The van der Waals surface area contributed by atoms with Crippen molar-refractivity contribution in [2.24, 2.45) is 0 Å². The molecule has 1 aliphatic heterocycles. The third-order valence-corrected chi connectivity index (χ3v) is 5.71. The van der Waals surface area contributed by atoms with Gasteiger partial charge < -0.3 is 9.80 Å². The van der Waals surface area contributed by atoms with Crippen LogP contribution in [0, 0.1) is 13.8 Å². The first kappa shape index (κ1) is 18.2. The lowest BCUT2D eigenvalue weighted by Crippen LogP contribution is -2.31. The monoisotopic (exact) mass is 396 g/mol. The maximum atomic E-state index is 6.63. The summed E-state index contributed by atoms with van der Waals surface area (Å²) >= 11 is 12.8. The van der Waals surface area contributed by atoms with Crippen LogP contribution < -0.4 is 9.80 Å². The Kier molecular flexibility index (Phi) is 5.03. The molecule has 138 valence electrons. The Morgan fingerprint density at radius 2 is 1.19 bits per heavy atom. The quantitative estimate of drug-likeness (QED) is 0.489. The minimum Gasteiger partial charge on any atom is -0.346 e. The van der Waals surface area contributed by atoms with E-state index in [1.807, 2.05) is 18.2 Å². The van der Waals surface area contributed by atoms with Crippen molar-refractivity contribution in [3.05, 3.63) is 93.5 Å². The molecule has 0 N–H and O–H groups in total. The van der Waals surface area contributed by atoms with Crippen LogP contribution in [0.1, 0.15) is 22.9 Å². The Bertz CT molecular complexity index is 882. The van der Waals surface area contributed by atoms with Crippen LogP contribution in [-0.4, -0.2) is 13.1 Å². The number of hydrogen-bond donors (Lipinski definition) is 0. The van der Waals surface area contributed by atoms with Crippen molar-refractivity contribution in [1.82, 2.24) is 0 Å². The summed E-state index contributed by atoms with van der Waals surface area (Å²) in [4.78, 5) is 4.82. The molecule has 3 aromatic rings. The first-order chi connectivity index (χ1) is 13.0. The molecule has 0 bridgehead atoms. The van der Waals surface area contributed by atoms with Crippen LogP contribution in [0.2, 0.25) is 10.0 Å². The predicted molar refractivity (Wildman–Crippen MR) is 116 cm³/mol. The third-order valence-electron chi connectivity index (χ3n) is 5.14. The zero-order chi connectivity index (χ0) is 19.0.